The van der Waals surface area contributed by atoms with Crippen LogP contribution >= 0.6 is 0 Å². The molecule has 146 valence electrons. The maximum atomic E-state index is 12.1. The number of hydrogen-bond donors (Lipinski definition) is 2. The molecule has 0 aliphatic heterocycles. The van der Waals surface area contributed by atoms with Crippen molar-refractivity contribution in [3.63, 3.8) is 0 Å². The first-order valence-corrected chi connectivity index (χ1v) is 8.86. The Morgan fingerprint density at radius 3 is 2.14 bits per heavy atom. The van der Waals surface area contributed by atoms with E-state index in [1.807, 2.05) is 48.5 Å². The molecule has 2 aromatic carbocycles. The third kappa shape index (κ3) is 4.20. The summed E-state index contributed by atoms with van der Waals surface area (Å²) in [5.41, 5.74) is 4.31. The minimum atomic E-state index is -1.36. The van der Waals surface area contributed by atoms with Crippen LogP contribution in [-0.4, -0.2) is 49.3 Å². The zero-order chi connectivity index (χ0) is 20.1. The molecule has 0 heterocycles. The minimum absolute atomic E-state index is 0.0677. The van der Waals surface area contributed by atoms with E-state index < -0.39 is 23.9 Å². The van der Waals surface area contributed by atoms with Crippen LogP contribution in [0.5, 0.6) is 0 Å². The summed E-state index contributed by atoms with van der Waals surface area (Å²) >= 11 is 0. The van der Waals surface area contributed by atoms with E-state index in [-0.39, 0.29) is 25.6 Å². The van der Waals surface area contributed by atoms with Crippen molar-refractivity contribution in [1.82, 2.24) is 5.32 Å². The molecule has 0 saturated heterocycles. The van der Waals surface area contributed by atoms with Crippen LogP contribution in [0.25, 0.3) is 11.1 Å². The van der Waals surface area contributed by atoms with Crippen LogP contribution in [0.15, 0.2) is 48.5 Å². The van der Waals surface area contributed by atoms with E-state index >= 15 is 0 Å². The summed E-state index contributed by atoms with van der Waals surface area (Å²) in [6.07, 6.45) is -1.24. The smallest absolute Gasteiger partial charge is 0.407 e. The molecule has 1 atom stereocenters. The lowest BCUT2D eigenvalue weighted by molar-refractivity contribution is -0.141. The predicted octanol–water partition coefficient (Wildman–Crippen LogP) is 2.58. The molecule has 28 heavy (non-hydrogen) atoms. The number of rotatable bonds is 8. The Labute approximate surface area is 162 Å². The van der Waals surface area contributed by atoms with Gasteiger partial charge in [0.15, 0.2) is 5.78 Å². The summed E-state index contributed by atoms with van der Waals surface area (Å²) < 4.78 is 9.99. The number of carbonyl (C=O) groups excluding carboxylic acids is 2. The maximum Gasteiger partial charge on any atom is 0.407 e. The van der Waals surface area contributed by atoms with Crippen molar-refractivity contribution in [3.8, 4) is 11.1 Å². The van der Waals surface area contributed by atoms with Gasteiger partial charge in [-0.3, -0.25) is 4.79 Å². The van der Waals surface area contributed by atoms with E-state index in [4.69, 9.17) is 4.74 Å². The van der Waals surface area contributed by atoms with Crippen LogP contribution in [0.1, 0.15) is 23.5 Å². The molecule has 0 bridgehead atoms. The number of hydrogen-bond acceptors (Lipinski definition) is 5. The molecular formula is C21H21NO6. The van der Waals surface area contributed by atoms with Crippen LogP contribution < -0.4 is 5.32 Å². The fraction of sp³-hybridized carbons (Fsp3) is 0.286. The van der Waals surface area contributed by atoms with E-state index in [1.165, 1.54) is 7.11 Å². The largest absolute Gasteiger partial charge is 0.480 e. The number of carboxylic acid groups (broad SMARTS) is 1. The number of alkyl carbamates (subject to hydrolysis) is 1. The van der Waals surface area contributed by atoms with Gasteiger partial charge in [-0.2, -0.15) is 0 Å². The number of carbonyl (C=O) groups is 3. The number of fused-ring (bicyclic) bond motifs is 3. The third-order valence-corrected chi connectivity index (χ3v) is 4.67. The van der Waals surface area contributed by atoms with Crippen LogP contribution in [0, 0.1) is 0 Å². The summed E-state index contributed by atoms with van der Waals surface area (Å²) in [5, 5.41) is 11.5. The monoisotopic (exact) mass is 383 g/mol. The van der Waals surface area contributed by atoms with Crippen LogP contribution in [0.4, 0.5) is 4.79 Å². The Morgan fingerprint density at radius 2 is 1.61 bits per heavy atom. The Bertz CT molecular complexity index is 848. The average Bonchev–Trinajstić information content (AvgIpc) is 3.00. The molecule has 1 amide bonds. The van der Waals surface area contributed by atoms with E-state index in [0.717, 1.165) is 22.3 Å². The van der Waals surface area contributed by atoms with E-state index in [0.29, 0.717) is 0 Å². The van der Waals surface area contributed by atoms with E-state index in [2.05, 4.69) is 10.1 Å². The highest BCUT2D eigenvalue weighted by atomic mass is 16.5. The highest BCUT2D eigenvalue weighted by molar-refractivity contribution is 5.88. The second-order valence-corrected chi connectivity index (χ2v) is 6.54. The molecule has 7 nitrogen and oxygen atoms in total. The molecule has 0 fully saturated rings. The van der Waals surface area contributed by atoms with E-state index in [9.17, 15) is 19.5 Å². The predicted molar refractivity (Wildman–Crippen MR) is 101 cm³/mol. The third-order valence-electron chi connectivity index (χ3n) is 4.67. The van der Waals surface area contributed by atoms with Crippen LogP contribution in [-0.2, 0) is 19.1 Å². The zero-order valence-corrected chi connectivity index (χ0v) is 15.4. The fourth-order valence-electron chi connectivity index (χ4n) is 3.43. The van der Waals surface area contributed by atoms with Gasteiger partial charge in [0, 0.05) is 19.4 Å². The lowest BCUT2D eigenvalue weighted by Gasteiger charge is -2.17. The molecule has 0 aromatic heterocycles. The summed E-state index contributed by atoms with van der Waals surface area (Å²) in [6, 6.07) is 14.4. The van der Waals surface area contributed by atoms with Crippen LogP contribution in [0.2, 0.25) is 0 Å². The maximum absolute atomic E-state index is 12.1. The Morgan fingerprint density at radius 1 is 1.04 bits per heavy atom. The number of nitrogens with one attached hydrogen (secondary N) is 1. The number of ether oxygens (including phenoxy) is 2. The molecule has 3 rings (SSSR count). The molecule has 2 N–H and O–H groups in total. The van der Waals surface area contributed by atoms with Gasteiger partial charge in [0.2, 0.25) is 0 Å². The lowest BCUT2D eigenvalue weighted by Crippen LogP contribution is -2.43. The zero-order valence-electron chi connectivity index (χ0n) is 15.4. The average molecular weight is 383 g/mol. The highest BCUT2D eigenvalue weighted by Gasteiger charge is 2.30. The molecule has 0 spiro atoms. The number of methoxy groups -OCH3 is 1. The first kappa shape index (κ1) is 19.6. The topological polar surface area (TPSA) is 102 Å². The van der Waals surface area contributed by atoms with Crippen molar-refractivity contribution in [2.75, 3.05) is 20.3 Å². The van der Waals surface area contributed by atoms with Gasteiger partial charge >= 0.3 is 12.1 Å². The second-order valence-electron chi connectivity index (χ2n) is 6.54. The summed E-state index contributed by atoms with van der Waals surface area (Å²) in [5.74, 6) is -1.86. The van der Waals surface area contributed by atoms with E-state index in [1.54, 1.807) is 0 Å². The number of aliphatic carboxylic acids is 1. The Kier molecular flexibility index (Phi) is 6.06. The molecule has 1 unspecified atom stereocenters. The minimum Gasteiger partial charge on any atom is -0.480 e. The summed E-state index contributed by atoms with van der Waals surface area (Å²) in [4.78, 5) is 35.0. The Balaban J connectivity index is 1.66. The van der Waals surface area contributed by atoms with Crippen molar-refractivity contribution in [1.29, 1.82) is 0 Å². The lowest BCUT2D eigenvalue weighted by atomic mass is 9.98. The highest BCUT2D eigenvalue weighted by Crippen LogP contribution is 2.44. The summed E-state index contributed by atoms with van der Waals surface area (Å²) in [6.45, 7) is -0.144. The summed E-state index contributed by atoms with van der Waals surface area (Å²) in [7, 11) is 1.34. The number of benzene rings is 2. The van der Waals surface area contributed by atoms with Crippen LogP contribution in [0.3, 0.4) is 0 Å². The normalized spacial score (nSPS) is 13.3. The van der Waals surface area contributed by atoms with Gasteiger partial charge in [0.25, 0.3) is 0 Å². The van der Waals surface area contributed by atoms with Gasteiger partial charge in [0.1, 0.15) is 19.3 Å². The molecule has 2 aromatic rings. The quantitative estimate of drug-likeness (QED) is 0.726. The Hall–Kier alpha value is -3.19. The van der Waals surface area contributed by atoms with Gasteiger partial charge in [-0.25, -0.2) is 9.59 Å². The first-order chi connectivity index (χ1) is 13.5. The van der Waals surface area contributed by atoms with Crippen molar-refractivity contribution in [2.45, 2.75) is 18.4 Å². The molecule has 1 aliphatic rings. The van der Waals surface area contributed by atoms with Gasteiger partial charge in [-0.1, -0.05) is 48.5 Å². The van der Waals surface area contributed by atoms with Crippen molar-refractivity contribution < 1.29 is 29.0 Å². The standard InChI is InChI=1S/C21H21NO6/c1-27-11-13(23)10-19(20(24)25)22-21(26)28-12-18-16-8-4-2-6-14(16)15-7-3-5-9-17(15)18/h2-9,18-19H,10-12H2,1H3,(H,22,26)(H,24,25). The molecule has 0 saturated carbocycles. The number of Topliss-reactive ketones (excluding diaryl/α,β-unsaturated/α-hetero) is 1. The molecule has 0 radical (unpaired) electrons. The van der Waals surface area contributed by atoms with Gasteiger partial charge in [-0.05, 0) is 22.3 Å². The first-order valence-electron chi connectivity index (χ1n) is 8.86. The SMILES string of the molecule is COCC(=O)CC(NC(=O)OCC1c2ccccc2-c2ccccc21)C(=O)O. The molecule has 7 heteroatoms. The fourth-order valence-corrected chi connectivity index (χ4v) is 3.43. The van der Waals surface area contributed by atoms with Gasteiger partial charge in [-0.15, -0.1) is 0 Å². The number of carboxylic acids is 1. The van der Waals surface area contributed by atoms with Crippen molar-refractivity contribution >= 4 is 17.8 Å². The van der Waals surface area contributed by atoms with Gasteiger partial charge in [0.05, 0.1) is 0 Å². The molecule has 1 aliphatic carbocycles. The van der Waals surface area contributed by atoms with Crippen molar-refractivity contribution in [2.24, 2.45) is 0 Å². The second kappa shape index (κ2) is 8.67. The van der Waals surface area contributed by atoms with Gasteiger partial charge < -0.3 is 19.9 Å². The van der Waals surface area contributed by atoms with Crippen molar-refractivity contribution in [3.05, 3.63) is 59.7 Å². The number of ketones is 1. The number of amides is 1. The molecular weight excluding hydrogens is 362 g/mol.